The van der Waals surface area contributed by atoms with Crippen molar-refractivity contribution >= 4 is 17.3 Å². The number of hydrogen-bond donors (Lipinski definition) is 0. The molecule has 0 saturated heterocycles. The molecule has 0 aliphatic heterocycles. The molecular formula is C27H23FN2O4. The van der Waals surface area contributed by atoms with Crippen molar-refractivity contribution in [2.75, 3.05) is 6.61 Å². The Bertz CT molecular complexity index is 1260. The number of halogens is 1. The van der Waals surface area contributed by atoms with Crippen molar-refractivity contribution in [1.29, 1.82) is 5.26 Å². The Balaban J connectivity index is 2.01. The van der Waals surface area contributed by atoms with Gasteiger partial charge in [0, 0.05) is 17.7 Å². The van der Waals surface area contributed by atoms with E-state index in [0.29, 0.717) is 35.7 Å². The molecule has 0 aliphatic carbocycles. The molecule has 0 atom stereocenters. The standard InChI is InChI=1S/C27H23FN2O4/c1-3-6-22-13-20(14-23(17-29)21-7-5-8-25(16-21)30(31)32)15-26(33-4-2)27(22)34-18-19-9-11-24(28)12-10-19/h3,5,7-16H,1,4,6,18H2,2H3/b23-14-. The Hall–Kier alpha value is -4.44. The van der Waals surface area contributed by atoms with Gasteiger partial charge in [-0.3, -0.25) is 10.1 Å². The largest absolute Gasteiger partial charge is 0.490 e. The van der Waals surface area contributed by atoms with Crippen LogP contribution in [0.25, 0.3) is 11.6 Å². The van der Waals surface area contributed by atoms with Crippen molar-refractivity contribution in [3.63, 3.8) is 0 Å². The van der Waals surface area contributed by atoms with E-state index >= 15 is 0 Å². The Morgan fingerprint density at radius 1 is 1.18 bits per heavy atom. The van der Waals surface area contributed by atoms with Gasteiger partial charge >= 0.3 is 0 Å². The van der Waals surface area contributed by atoms with Crippen molar-refractivity contribution in [3.8, 4) is 17.6 Å². The summed E-state index contributed by atoms with van der Waals surface area (Å²) in [5.41, 5.74) is 2.90. The number of nitrogens with zero attached hydrogens (tertiary/aromatic N) is 2. The van der Waals surface area contributed by atoms with Gasteiger partial charge in [0.2, 0.25) is 0 Å². The summed E-state index contributed by atoms with van der Waals surface area (Å²) < 4.78 is 25.1. The molecule has 0 aromatic heterocycles. The average molecular weight is 458 g/mol. The number of hydrogen-bond acceptors (Lipinski definition) is 5. The molecule has 0 heterocycles. The van der Waals surface area contributed by atoms with Crippen LogP contribution >= 0.6 is 0 Å². The van der Waals surface area contributed by atoms with Crippen LogP contribution in [0.15, 0.2) is 73.3 Å². The summed E-state index contributed by atoms with van der Waals surface area (Å²) in [5.74, 6) is 0.711. The average Bonchev–Trinajstić information content (AvgIpc) is 2.83. The summed E-state index contributed by atoms with van der Waals surface area (Å²) in [6, 6.07) is 17.7. The number of ether oxygens (including phenoxy) is 2. The molecule has 0 amide bonds. The molecule has 0 radical (unpaired) electrons. The van der Waals surface area contributed by atoms with Crippen LogP contribution in [0.3, 0.4) is 0 Å². The molecule has 0 saturated carbocycles. The first-order chi connectivity index (χ1) is 16.4. The SMILES string of the molecule is C=CCc1cc(/C=C(/C#N)c2cccc([N+](=O)[O-])c2)cc(OCC)c1OCc1ccc(F)cc1. The maximum atomic E-state index is 13.2. The second kappa shape index (κ2) is 11.4. The van der Waals surface area contributed by atoms with E-state index in [2.05, 4.69) is 12.6 Å². The molecule has 6 nitrogen and oxygen atoms in total. The molecule has 0 bridgehead atoms. The third-order valence-electron chi connectivity index (χ3n) is 4.91. The summed E-state index contributed by atoms with van der Waals surface area (Å²) in [6.45, 7) is 6.27. The molecule has 0 aliphatic rings. The van der Waals surface area contributed by atoms with Gasteiger partial charge < -0.3 is 9.47 Å². The molecular weight excluding hydrogens is 435 g/mol. The summed E-state index contributed by atoms with van der Waals surface area (Å²) >= 11 is 0. The predicted octanol–water partition coefficient (Wildman–Crippen LogP) is 6.50. The van der Waals surface area contributed by atoms with Gasteiger partial charge in [-0.1, -0.05) is 30.3 Å². The number of rotatable bonds is 10. The fourth-order valence-electron chi connectivity index (χ4n) is 3.37. The third-order valence-corrected chi connectivity index (χ3v) is 4.91. The van der Waals surface area contributed by atoms with Gasteiger partial charge in [-0.05, 0) is 60.4 Å². The van der Waals surface area contributed by atoms with E-state index in [9.17, 15) is 19.8 Å². The van der Waals surface area contributed by atoms with Gasteiger partial charge in [-0.2, -0.15) is 5.26 Å². The van der Waals surface area contributed by atoms with Crippen molar-refractivity contribution in [2.45, 2.75) is 20.0 Å². The predicted molar refractivity (Wildman–Crippen MR) is 129 cm³/mol. The van der Waals surface area contributed by atoms with E-state index in [1.54, 1.807) is 42.5 Å². The van der Waals surface area contributed by atoms with Gasteiger partial charge in [0.05, 0.1) is 23.2 Å². The molecule has 0 unspecified atom stereocenters. The second-order valence-electron chi connectivity index (χ2n) is 7.33. The topological polar surface area (TPSA) is 85.4 Å². The van der Waals surface area contributed by atoms with E-state index in [1.807, 2.05) is 13.0 Å². The molecule has 0 N–H and O–H groups in total. The van der Waals surface area contributed by atoms with Crippen LogP contribution in [0.1, 0.15) is 29.2 Å². The highest BCUT2D eigenvalue weighted by molar-refractivity contribution is 5.90. The van der Waals surface area contributed by atoms with Crippen LogP contribution < -0.4 is 9.47 Å². The normalized spacial score (nSPS) is 10.9. The molecule has 3 rings (SSSR count). The zero-order valence-electron chi connectivity index (χ0n) is 18.7. The van der Waals surface area contributed by atoms with E-state index < -0.39 is 4.92 Å². The van der Waals surface area contributed by atoms with Crippen LogP contribution in [0.2, 0.25) is 0 Å². The lowest BCUT2D eigenvalue weighted by Gasteiger charge is -2.17. The minimum absolute atomic E-state index is 0.0921. The third kappa shape index (κ3) is 6.08. The molecule has 3 aromatic rings. The van der Waals surface area contributed by atoms with E-state index in [0.717, 1.165) is 11.1 Å². The van der Waals surface area contributed by atoms with Gasteiger partial charge in [0.25, 0.3) is 5.69 Å². The summed E-state index contributed by atoms with van der Waals surface area (Å²) in [6.07, 6.45) is 3.87. The fraction of sp³-hybridized carbons (Fsp3) is 0.148. The van der Waals surface area contributed by atoms with Gasteiger partial charge in [0.1, 0.15) is 12.4 Å². The smallest absolute Gasteiger partial charge is 0.270 e. The van der Waals surface area contributed by atoms with Gasteiger partial charge in [-0.15, -0.1) is 6.58 Å². The lowest BCUT2D eigenvalue weighted by atomic mass is 10.0. The molecule has 7 heteroatoms. The maximum absolute atomic E-state index is 13.2. The molecule has 0 spiro atoms. The van der Waals surface area contributed by atoms with Crippen LogP contribution in [0.5, 0.6) is 11.5 Å². The number of nitriles is 1. The zero-order valence-corrected chi connectivity index (χ0v) is 18.7. The van der Waals surface area contributed by atoms with Crippen LogP contribution in [-0.2, 0) is 13.0 Å². The van der Waals surface area contributed by atoms with Crippen molar-refractivity contribution < 1.29 is 18.8 Å². The Labute approximate surface area is 197 Å². The number of allylic oxidation sites excluding steroid dienone is 2. The highest BCUT2D eigenvalue weighted by atomic mass is 19.1. The Morgan fingerprint density at radius 3 is 2.59 bits per heavy atom. The van der Waals surface area contributed by atoms with E-state index in [-0.39, 0.29) is 23.7 Å². The monoisotopic (exact) mass is 458 g/mol. The van der Waals surface area contributed by atoms with Gasteiger partial charge in [0.15, 0.2) is 11.5 Å². The second-order valence-corrected chi connectivity index (χ2v) is 7.33. The summed E-state index contributed by atoms with van der Waals surface area (Å²) in [7, 11) is 0. The maximum Gasteiger partial charge on any atom is 0.270 e. The van der Waals surface area contributed by atoms with Crippen LogP contribution in [0, 0.1) is 27.3 Å². The summed E-state index contributed by atoms with van der Waals surface area (Å²) in [5, 5.41) is 20.8. The zero-order chi connectivity index (χ0) is 24.5. The number of nitro benzene ring substituents is 1. The summed E-state index contributed by atoms with van der Waals surface area (Å²) in [4.78, 5) is 10.6. The number of benzene rings is 3. The molecule has 0 fully saturated rings. The van der Waals surface area contributed by atoms with Crippen LogP contribution in [-0.4, -0.2) is 11.5 Å². The van der Waals surface area contributed by atoms with Crippen LogP contribution in [0.4, 0.5) is 10.1 Å². The minimum Gasteiger partial charge on any atom is -0.490 e. The Kier molecular flexibility index (Phi) is 8.14. The molecule has 172 valence electrons. The first kappa shape index (κ1) is 24.2. The Morgan fingerprint density at radius 2 is 1.94 bits per heavy atom. The van der Waals surface area contributed by atoms with Crippen molar-refractivity contribution in [2.24, 2.45) is 0 Å². The van der Waals surface area contributed by atoms with Gasteiger partial charge in [-0.25, -0.2) is 4.39 Å². The lowest BCUT2D eigenvalue weighted by molar-refractivity contribution is -0.384. The van der Waals surface area contributed by atoms with Crippen molar-refractivity contribution in [1.82, 2.24) is 0 Å². The van der Waals surface area contributed by atoms with Crippen molar-refractivity contribution in [3.05, 3.63) is 112 Å². The molecule has 3 aromatic carbocycles. The number of non-ortho nitro benzene ring substituents is 1. The highest BCUT2D eigenvalue weighted by Gasteiger charge is 2.15. The first-order valence-electron chi connectivity index (χ1n) is 10.6. The lowest BCUT2D eigenvalue weighted by Crippen LogP contribution is -2.03. The molecule has 34 heavy (non-hydrogen) atoms. The first-order valence-corrected chi connectivity index (χ1v) is 10.6. The fourth-order valence-corrected chi connectivity index (χ4v) is 3.37. The minimum atomic E-state index is -0.499. The highest BCUT2D eigenvalue weighted by Crippen LogP contribution is 2.36. The van der Waals surface area contributed by atoms with E-state index in [4.69, 9.17) is 9.47 Å². The van der Waals surface area contributed by atoms with E-state index in [1.165, 1.54) is 24.3 Å². The number of nitro groups is 1. The quantitative estimate of drug-likeness (QED) is 0.114.